The van der Waals surface area contributed by atoms with Gasteiger partial charge in [-0.1, -0.05) is 24.3 Å². The molecule has 0 atom stereocenters. The topological polar surface area (TPSA) is 17.1 Å². The van der Waals surface area contributed by atoms with Crippen molar-refractivity contribution < 1.29 is 9.18 Å². The molecule has 2 heteroatoms. The maximum absolute atomic E-state index is 13.2. The smallest absolute Gasteiger partial charge is 0.150 e. The fourth-order valence-electron chi connectivity index (χ4n) is 1.74. The maximum Gasteiger partial charge on any atom is 0.150 e. The average Bonchev–Trinajstić information content (AvgIpc) is 2.29. The lowest BCUT2D eigenvalue weighted by molar-refractivity contribution is 0.112. The van der Waals surface area contributed by atoms with Crippen LogP contribution in [0.4, 0.5) is 4.39 Å². The normalized spacial score (nSPS) is 10.1. The molecule has 0 heterocycles. The third kappa shape index (κ3) is 1.87. The molecule has 0 aliphatic rings. The largest absolute Gasteiger partial charge is 0.298 e. The van der Waals surface area contributed by atoms with E-state index in [0.29, 0.717) is 11.1 Å². The molecule has 0 aromatic heterocycles. The van der Waals surface area contributed by atoms with Crippen molar-refractivity contribution >= 4 is 6.29 Å². The summed E-state index contributed by atoms with van der Waals surface area (Å²) < 4.78 is 13.2. The van der Waals surface area contributed by atoms with Crippen molar-refractivity contribution in [3.05, 3.63) is 59.4 Å². The fraction of sp³-hybridized carbons (Fsp3) is 0.0714. The summed E-state index contributed by atoms with van der Waals surface area (Å²) in [5.74, 6) is -0.330. The van der Waals surface area contributed by atoms with Gasteiger partial charge in [-0.3, -0.25) is 4.79 Å². The van der Waals surface area contributed by atoms with Crippen LogP contribution in [0.15, 0.2) is 42.5 Å². The Balaban J connectivity index is 2.67. The molecule has 0 bridgehead atoms. The second kappa shape index (κ2) is 4.27. The number of halogens is 1. The van der Waals surface area contributed by atoms with Gasteiger partial charge in [-0.25, -0.2) is 4.39 Å². The van der Waals surface area contributed by atoms with E-state index in [4.69, 9.17) is 0 Å². The zero-order chi connectivity index (χ0) is 11.5. The van der Waals surface area contributed by atoms with Crippen molar-refractivity contribution in [2.45, 2.75) is 6.92 Å². The number of hydrogen-bond acceptors (Lipinski definition) is 1. The van der Waals surface area contributed by atoms with Crippen molar-refractivity contribution in [1.82, 2.24) is 0 Å². The van der Waals surface area contributed by atoms with E-state index in [2.05, 4.69) is 0 Å². The molecular weight excluding hydrogens is 203 g/mol. The van der Waals surface area contributed by atoms with Crippen LogP contribution in [0.1, 0.15) is 15.9 Å². The number of carbonyl (C=O) groups is 1. The third-order valence-electron chi connectivity index (χ3n) is 2.58. The van der Waals surface area contributed by atoms with Crippen molar-refractivity contribution in [2.24, 2.45) is 0 Å². The molecule has 80 valence electrons. The van der Waals surface area contributed by atoms with E-state index in [1.165, 1.54) is 18.2 Å². The minimum atomic E-state index is -0.330. The van der Waals surface area contributed by atoms with Gasteiger partial charge in [0.05, 0.1) is 0 Å². The molecule has 0 aliphatic carbocycles. The van der Waals surface area contributed by atoms with E-state index in [9.17, 15) is 9.18 Å². The Morgan fingerprint density at radius 3 is 2.50 bits per heavy atom. The van der Waals surface area contributed by atoms with Gasteiger partial charge < -0.3 is 0 Å². The summed E-state index contributed by atoms with van der Waals surface area (Å²) in [6, 6.07) is 11.8. The molecule has 16 heavy (non-hydrogen) atoms. The van der Waals surface area contributed by atoms with E-state index in [0.717, 1.165) is 17.4 Å². The zero-order valence-electron chi connectivity index (χ0n) is 8.91. The number of carbonyl (C=O) groups excluding carboxylic acids is 1. The first kappa shape index (κ1) is 10.6. The van der Waals surface area contributed by atoms with Crippen LogP contribution in [0.2, 0.25) is 0 Å². The molecule has 0 fully saturated rings. The molecule has 0 saturated carbocycles. The van der Waals surface area contributed by atoms with Crippen LogP contribution in [0.25, 0.3) is 11.1 Å². The van der Waals surface area contributed by atoms with Crippen molar-refractivity contribution in [1.29, 1.82) is 0 Å². The van der Waals surface area contributed by atoms with Crippen molar-refractivity contribution in [3.8, 4) is 11.1 Å². The van der Waals surface area contributed by atoms with Crippen LogP contribution >= 0.6 is 0 Å². The zero-order valence-corrected chi connectivity index (χ0v) is 8.91. The van der Waals surface area contributed by atoms with Gasteiger partial charge in [0, 0.05) is 5.56 Å². The van der Waals surface area contributed by atoms with Crippen LogP contribution in [0, 0.1) is 12.7 Å². The first-order valence-electron chi connectivity index (χ1n) is 5.03. The van der Waals surface area contributed by atoms with Crippen LogP contribution in [0.3, 0.4) is 0 Å². The Labute approximate surface area is 93.5 Å². The van der Waals surface area contributed by atoms with E-state index in [1.807, 2.05) is 31.2 Å². The van der Waals surface area contributed by atoms with Gasteiger partial charge >= 0.3 is 0 Å². The molecule has 0 radical (unpaired) electrons. The Bertz CT molecular complexity index is 532. The van der Waals surface area contributed by atoms with E-state index < -0.39 is 0 Å². The molecule has 1 nitrogen and oxygen atoms in total. The van der Waals surface area contributed by atoms with Crippen LogP contribution in [-0.4, -0.2) is 6.29 Å². The van der Waals surface area contributed by atoms with Gasteiger partial charge in [-0.2, -0.15) is 0 Å². The third-order valence-corrected chi connectivity index (χ3v) is 2.58. The lowest BCUT2D eigenvalue weighted by Gasteiger charge is -2.08. The highest BCUT2D eigenvalue weighted by atomic mass is 19.1. The summed E-state index contributed by atoms with van der Waals surface area (Å²) in [7, 11) is 0. The summed E-state index contributed by atoms with van der Waals surface area (Å²) >= 11 is 0. The Morgan fingerprint density at radius 1 is 1.06 bits per heavy atom. The van der Waals surface area contributed by atoms with Crippen LogP contribution in [0.5, 0.6) is 0 Å². The highest BCUT2D eigenvalue weighted by molar-refractivity contribution is 5.88. The maximum atomic E-state index is 13.2. The number of hydrogen-bond donors (Lipinski definition) is 0. The summed E-state index contributed by atoms with van der Waals surface area (Å²) in [4.78, 5) is 10.9. The molecule has 2 rings (SSSR count). The summed E-state index contributed by atoms with van der Waals surface area (Å²) in [5, 5.41) is 0. The first-order chi connectivity index (χ1) is 7.72. The second-order valence-electron chi connectivity index (χ2n) is 3.66. The van der Waals surface area contributed by atoms with Gasteiger partial charge in [-0.05, 0) is 41.8 Å². The molecule has 0 amide bonds. The summed E-state index contributed by atoms with van der Waals surface area (Å²) in [6.45, 7) is 1.94. The summed E-state index contributed by atoms with van der Waals surface area (Å²) in [5.41, 5.74) is 3.07. The van der Waals surface area contributed by atoms with Crippen LogP contribution < -0.4 is 0 Å². The summed E-state index contributed by atoms with van der Waals surface area (Å²) in [6.07, 6.45) is 0.751. The van der Waals surface area contributed by atoms with Gasteiger partial charge in [0.15, 0.2) is 6.29 Å². The SMILES string of the molecule is Cc1ccccc1-c1cc(F)ccc1C=O. The number of benzene rings is 2. The predicted molar refractivity (Wildman–Crippen MR) is 62.0 cm³/mol. The quantitative estimate of drug-likeness (QED) is 0.698. The molecule has 0 unspecified atom stereocenters. The van der Waals surface area contributed by atoms with E-state index in [1.54, 1.807) is 0 Å². The Morgan fingerprint density at radius 2 is 1.81 bits per heavy atom. The molecular formula is C14H11FO. The van der Waals surface area contributed by atoms with Crippen molar-refractivity contribution in [3.63, 3.8) is 0 Å². The number of aldehydes is 1. The van der Waals surface area contributed by atoms with Crippen molar-refractivity contribution in [2.75, 3.05) is 0 Å². The average molecular weight is 214 g/mol. The Hall–Kier alpha value is -1.96. The van der Waals surface area contributed by atoms with Crippen LogP contribution in [-0.2, 0) is 0 Å². The van der Waals surface area contributed by atoms with Gasteiger partial charge in [0.2, 0.25) is 0 Å². The highest BCUT2D eigenvalue weighted by Crippen LogP contribution is 2.26. The number of rotatable bonds is 2. The first-order valence-corrected chi connectivity index (χ1v) is 5.03. The molecule has 0 spiro atoms. The van der Waals surface area contributed by atoms with E-state index in [-0.39, 0.29) is 5.82 Å². The van der Waals surface area contributed by atoms with Gasteiger partial charge in [-0.15, -0.1) is 0 Å². The predicted octanol–water partition coefficient (Wildman–Crippen LogP) is 3.61. The standard InChI is InChI=1S/C14H11FO/c1-10-4-2-3-5-13(10)14-8-12(15)7-6-11(14)9-16/h2-9H,1H3. The van der Waals surface area contributed by atoms with E-state index >= 15 is 0 Å². The second-order valence-corrected chi connectivity index (χ2v) is 3.66. The Kier molecular flexibility index (Phi) is 2.82. The molecule has 0 saturated heterocycles. The lowest BCUT2D eigenvalue weighted by Crippen LogP contribution is -1.91. The lowest BCUT2D eigenvalue weighted by atomic mass is 9.96. The fourth-order valence-corrected chi connectivity index (χ4v) is 1.74. The minimum Gasteiger partial charge on any atom is -0.298 e. The molecule has 2 aromatic rings. The molecule has 2 aromatic carbocycles. The molecule has 0 aliphatic heterocycles. The highest BCUT2D eigenvalue weighted by Gasteiger charge is 2.07. The number of aryl methyl sites for hydroxylation is 1. The minimum absolute atomic E-state index is 0.330. The van der Waals surface area contributed by atoms with Gasteiger partial charge in [0.25, 0.3) is 0 Å². The monoisotopic (exact) mass is 214 g/mol. The molecule has 0 N–H and O–H groups in total. The van der Waals surface area contributed by atoms with Gasteiger partial charge in [0.1, 0.15) is 5.82 Å².